The highest BCUT2D eigenvalue weighted by molar-refractivity contribution is 5.87. The van der Waals surface area contributed by atoms with Gasteiger partial charge in [-0.25, -0.2) is 0 Å². The normalized spacial score (nSPS) is 18.5. The Morgan fingerprint density at radius 1 is 1.33 bits per heavy atom. The van der Waals surface area contributed by atoms with Crippen LogP contribution in [0.3, 0.4) is 0 Å². The summed E-state index contributed by atoms with van der Waals surface area (Å²) in [5.41, 5.74) is 4.19. The van der Waals surface area contributed by atoms with Crippen molar-refractivity contribution in [3.05, 3.63) is 27.8 Å². The van der Waals surface area contributed by atoms with Crippen molar-refractivity contribution in [3.63, 3.8) is 0 Å². The van der Waals surface area contributed by atoms with Crippen LogP contribution in [0.1, 0.15) is 70.3 Å². The molecule has 2 atom stereocenters. The highest BCUT2D eigenvalue weighted by Gasteiger charge is 2.42. The van der Waals surface area contributed by atoms with Crippen molar-refractivity contribution in [1.82, 2.24) is 5.32 Å². The summed E-state index contributed by atoms with van der Waals surface area (Å²) in [5, 5.41) is 13.1. The number of hydrogen-bond acceptors (Lipinski definition) is 5. The van der Waals surface area contributed by atoms with Gasteiger partial charge in [-0.2, -0.15) is 0 Å². The van der Waals surface area contributed by atoms with E-state index in [1.54, 1.807) is 6.92 Å². The largest absolute Gasteiger partial charge is 0.502 e. The molecule has 0 saturated heterocycles. The number of nitrogens with one attached hydrogen (secondary N) is 1. The molecule has 1 aromatic heterocycles. The van der Waals surface area contributed by atoms with Crippen molar-refractivity contribution in [2.75, 3.05) is 0 Å². The lowest BCUT2D eigenvalue weighted by atomic mass is 9.69. The topological polar surface area (TPSA) is 123 Å². The number of rotatable bonds is 7. The predicted molar refractivity (Wildman–Crippen MR) is 101 cm³/mol. The fourth-order valence-corrected chi connectivity index (χ4v) is 3.94. The first-order valence-electron chi connectivity index (χ1n) is 9.63. The van der Waals surface area contributed by atoms with Gasteiger partial charge in [0.2, 0.25) is 23.0 Å². The summed E-state index contributed by atoms with van der Waals surface area (Å²) in [4.78, 5) is 36.6. The van der Waals surface area contributed by atoms with Crippen molar-refractivity contribution < 1.29 is 19.1 Å². The molecule has 2 rings (SSSR count). The second-order valence-electron chi connectivity index (χ2n) is 7.75. The van der Waals surface area contributed by atoms with E-state index in [9.17, 15) is 19.5 Å². The zero-order chi connectivity index (χ0) is 20.2. The van der Waals surface area contributed by atoms with E-state index in [0.717, 1.165) is 19.3 Å². The van der Waals surface area contributed by atoms with Crippen LogP contribution in [0.25, 0.3) is 0 Å². The monoisotopic (exact) mass is 378 g/mol. The minimum absolute atomic E-state index is 0.0349. The van der Waals surface area contributed by atoms with Gasteiger partial charge in [0, 0.05) is 17.9 Å². The van der Waals surface area contributed by atoms with Crippen molar-refractivity contribution >= 4 is 11.8 Å². The molecule has 0 aromatic carbocycles. The van der Waals surface area contributed by atoms with E-state index in [4.69, 9.17) is 10.2 Å². The summed E-state index contributed by atoms with van der Waals surface area (Å²) in [7, 11) is 0. The van der Waals surface area contributed by atoms with Gasteiger partial charge in [-0.05, 0) is 25.7 Å². The molecule has 0 spiro atoms. The number of carbonyl (C=O) groups is 2. The Hall–Kier alpha value is -2.31. The minimum Gasteiger partial charge on any atom is -0.502 e. The average Bonchev–Trinajstić information content (AvgIpc) is 2.62. The Balaban J connectivity index is 2.33. The Morgan fingerprint density at radius 3 is 2.52 bits per heavy atom. The zero-order valence-electron chi connectivity index (χ0n) is 16.3. The number of primary amides is 1. The molecule has 1 heterocycles. The molecule has 0 unspecified atom stereocenters. The van der Waals surface area contributed by atoms with E-state index in [2.05, 4.69) is 5.32 Å². The molecule has 7 heteroatoms. The van der Waals surface area contributed by atoms with Crippen LogP contribution in [0.15, 0.2) is 15.3 Å². The number of aromatic hydroxyl groups is 1. The molecule has 1 saturated carbocycles. The van der Waals surface area contributed by atoms with E-state index in [1.807, 2.05) is 13.8 Å². The molecular weight excluding hydrogens is 348 g/mol. The highest BCUT2D eigenvalue weighted by Crippen LogP contribution is 2.45. The third kappa shape index (κ3) is 4.70. The molecule has 4 N–H and O–H groups in total. The number of nitrogens with two attached hydrogens (primary N) is 1. The summed E-state index contributed by atoms with van der Waals surface area (Å²) in [6.45, 7) is 5.43. The van der Waals surface area contributed by atoms with Crippen LogP contribution in [0.4, 0.5) is 0 Å². The van der Waals surface area contributed by atoms with Gasteiger partial charge >= 0.3 is 0 Å². The van der Waals surface area contributed by atoms with Crippen LogP contribution in [0, 0.1) is 12.8 Å². The van der Waals surface area contributed by atoms with E-state index >= 15 is 0 Å². The standard InChI is InChI=1S/C20H30N2O5/c1-4-12(2)16(19(21)26)22-15(24)11-20(8-6-5-7-9-20)18-17(25)14(23)10-13(3)27-18/h10,12,16,25H,4-9,11H2,1-3H3,(H2,21,26)(H,22,24)/t12-,16-/m0/s1. The van der Waals surface area contributed by atoms with Crippen LogP contribution in [-0.2, 0) is 15.0 Å². The van der Waals surface area contributed by atoms with Crippen molar-refractivity contribution in [1.29, 1.82) is 0 Å². The maximum absolute atomic E-state index is 12.8. The molecule has 0 radical (unpaired) electrons. The van der Waals surface area contributed by atoms with Crippen molar-refractivity contribution in [3.8, 4) is 5.75 Å². The molecule has 7 nitrogen and oxygen atoms in total. The van der Waals surface area contributed by atoms with E-state index in [1.165, 1.54) is 6.07 Å². The van der Waals surface area contributed by atoms with Crippen molar-refractivity contribution in [2.45, 2.75) is 77.2 Å². The maximum Gasteiger partial charge on any atom is 0.240 e. The summed E-state index contributed by atoms with van der Waals surface area (Å²) >= 11 is 0. The van der Waals surface area contributed by atoms with Gasteiger partial charge in [0.1, 0.15) is 11.8 Å². The third-order valence-electron chi connectivity index (χ3n) is 5.67. The SMILES string of the molecule is CC[C@H](C)[C@H](NC(=O)CC1(c2oc(C)cc(=O)c2O)CCCCC1)C(N)=O. The highest BCUT2D eigenvalue weighted by atomic mass is 16.4. The Morgan fingerprint density at radius 2 is 1.96 bits per heavy atom. The molecule has 150 valence electrons. The first-order chi connectivity index (χ1) is 12.7. The summed E-state index contributed by atoms with van der Waals surface area (Å²) in [6.07, 6.45) is 4.76. The van der Waals surface area contributed by atoms with Gasteiger partial charge in [0.05, 0.1) is 0 Å². The van der Waals surface area contributed by atoms with E-state index in [-0.39, 0.29) is 24.0 Å². The minimum atomic E-state index is -0.755. The third-order valence-corrected chi connectivity index (χ3v) is 5.67. The summed E-state index contributed by atoms with van der Waals surface area (Å²) in [6, 6.07) is 0.489. The maximum atomic E-state index is 12.8. The second-order valence-corrected chi connectivity index (χ2v) is 7.75. The van der Waals surface area contributed by atoms with Crippen LogP contribution in [0.2, 0.25) is 0 Å². The molecule has 0 aliphatic heterocycles. The number of aryl methyl sites for hydroxylation is 1. The predicted octanol–water partition coefficient (Wildman–Crippen LogP) is 2.26. The van der Waals surface area contributed by atoms with Crippen LogP contribution >= 0.6 is 0 Å². The lowest BCUT2D eigenvalue weighted by Gasteiger charge is -2.36. The summed E-state index contributed by atoms with van der Waals surface area (Å²) < 4.78 is 5.73. The fraction of sp³-hybridized carbons (Fsp3) is 0.650. The van der Waals surface area contributed by atoms with Crippen LogP contribution in [0.5, 0.6) is 5.75 Å². The lowest BCUT2D eigenvalue weighted by molar-refractivity contribution is -0.129. The fourth-order valence-electron chi connectivity index (χ4n) is 3.94. The van der Waals surface area contributed by atoms with Crippen LogP contribution in [-0.4, -0.2) is 23.0 Å². The van der Waals surface area contributed by atoms with Gasteiger partial charge < -0.3 is 20.6 Å². The molecular formula is C20H30N2O5. The van der Waals surface area contributed by atoms with Gasteiger partial charge in [-0.3, -0.25) is 14.4 Å². The Bertz CT molecular complexity index is 749. The lowest BCUT2D eigenvalue weighted by Crippen LogP contribution is -2.50. The molecule has 1 aliphatic carbocycles. The smallest absolute Gasteiger partial charge is 0.240 e. The molecule has 1 aromatic rings. The number of carbonyl (C=O) groups excluding carboxylic acids is 2. The number of amides is 2. The summed E-state index contributed by atoms with van der Waals surface area (Å²) in [5.74, 6) is -0.832. The van der Waals surface area contributed by atoms with E-state index in [0.29, 0.717) is 25.0 Å². The molecule has 0 bridgehead atoms. The van der Waals surface area contributed by atoms with Gasteiger partial charge in [-0.15, -0.1) is 0 Å². The zero-order valence-corrected chi connectivity index (χ0v) is 16.3. The van der Waals surface area contributed by atoms with Gasteiger partial charge in [0.15, 0.2) is 5.76 Å². The first kappa shape index (κ1) is 21.0. The van der Waals surface area contributed by atoms with E-state index < -0.39 is 28.5 Å². The molecule has 1 fully saturated rings. The Kier molecular flexibility index (Phi) is 6.68. The van der Waals surface area contributed by atoms with Gasteiger partial charge in [0.25, 0.3) is 0 Å². The van der Waals surface area contributed by atoms with Crippen molar-refractivity contribution in [2.24, 2.45) is 11.7 Å². The first-order valence-corrected chi connectivity index (χ1v) is 9.63. The molecule has 1 aliphatic rings. The molecule has 27 heavy (non-hydrogen) atoms. The molecule has 2 amide bonds. The average molecular weight is 378 g/mol. The number of hydrogen-bond donors (Lipinski definition) is 3. The van der Waals surface area contributed by atoms with Crippen LogP contribution < -0.4 is 16.5 Å². The Labute approximate surface area is 159 Å². The second kappa shape index (κ2) is 8.59. The van der Waals surface area contributed by atoms with Gasteiger partial charge in [-0.1, -0.05) is 39.5 Å². The quantitative estimate of drug-likeness (QED) is 0.672.